The molecule has 0 aliphatic heterocycles. The van der Waals surface area contributed by atoms with Crippen molar-refractivity contribution in [1.82, 2.24) is 9.55 Å². The number of hydrogen-bond donors (Lipinski definition) is 0. The van der Waals surface area contributed by atoms with E-state index in [9.17, 15) is 0 Å². The molecule has 0 atom stereocenters. The SMILES string of the molecule is COc1ccc2c(c1)nc(-c1ccc(C#N)cc1)n2Cc1cccc(Cl)c1. The van der Waals surface area contributed by atoms with Gasteiger partial charge >= 0.3 is 0 Å². The van der Waals surface area contributed by atoms with E-state index in [2.05, 4.69) is 10.6 Å². The molecule has 0 radical (unpaired) electrons. The van der Waals surface area contributed by atoms with Gasteiger partial charge in [-0.3, -0.25) is 0 Å². The summed E-state index contributed by atoms with van der Waals surface area (Å²) >= 11 is 6.16. The number of nitrogens with zero attached hydrogens (tertiary/aromatic N) is 3. The molecule has 4 aromatic rings. The van der Waals surface area contributed by atoms with E-state index in [1.54, 1.807) is 19.2 Å². The van der Waals surface area contributed by atoms with Gasteiger partial charge in [0.1, 0.15) is 11.6 Å². The molecule has 1 heterocycles. The standard InChI is InChI=1S/C22H16ClN3O/c1-27-19-9-10-21-20(12-19)25-22(17-7-5-15(13-24)6-8-17)26(21)14-16-3-2-4-18(23)11-16/h2-12H,14H2,1H3. The second-order valence-electron chi connectivity index (χ2n) is 6.20. The van der Waals surface area contributed by atoms with Crippen LogP contribution in [0, 0.1) is 11.3 Å². The first-order valence-electron chi connectivity index (χ1n) is 8.47. The van der Waals surface area contributed by atoms with Gasteiger partial charge in [-0.2, -0.15) is 5.26 Å². The number of halogens is 1. The second kappa shape index (κ2) is 7.14. The number of aromatic nitrogens is 2. The highest BCUT2D eigenvalue weighted by Gasteiger charge is 2.14. The van der Waals surface area contributed by atoms with Crippen molar-refractivity contribution in [2.24, 2.45) is 0 Å². The second-order valence-corrected chi connectivity index (χ2v) is 6.63. The van der Waals surface area contributed by atoms with Crippen molar-refractivity contribution in [2.45, 2.75) is 6.54 Å². The Labute approximate surface area is 162 Å². The van der Waals surface area contributed by atoms with E-state index in [-0.39, 0.29) is 0 Å². The van der Waals surface area contributed by atoms with Crippen molar-refractivity contribution in [3.8, 4) is 23.2 Å². The number of fused-ring (bicyclic) bond motifs is 1. The Morgan fingerprint density at radius 1 is 1.07 bits per heavy atom. The van der Waals surface area contributed by atoms with Crippen LogP contribution in [0.15, 0.2) is 66.7 Å². The highest BCUT2D eigenvalue weighted by Crippen LogP contribution is 2.29. The molecule has 5 heteroatoms. The third-order valence-corrected chi connectivity index (χ3v) is 4.69. The molecule has 1 aromatic heterocycles. The summed E-state index contributed by atoms with van der Waals surface area (Å²) in [5.74, 6) is 1.60. The predicted molar refractivity (Wildman–Crippen MR) is 107 cm³/mol. The smallest absolute Gasteiger partial charge is 0.141 e. The Bertz CT molecular complexity index is 1160. The highest BCUT2D eigenvalue weighted by atomic mass is 35.5. The molecule has 0 aliphatic rings. The van der Waals surface area contributed by atoms with E-state index in [0.717, 1.165) is 33.7 Å². The molecule has 4 nitrogen and oxygen atoms in total. The van der Waals surface area contributed by atoms with Crippen LogP contribution in [-0.4, -0.2) is 16.7 Å². The Hall–Kier alpha value is -3.29. The lowest BCUT2D eigenvalue weighted by atomic mass is 10.1. The van der Waals surface area contributed by atoms with Gasteiger partial charge in [0.15, 0.2) is 0 Å². The van der Waals surface area contributed by atoms with Crippen molar-refractivity contribution < 1.29 is 4.74 Å². The Morgan fingerprint density at radius 2 is 1.89 bits per heavy atom. The molecule has 0 spiro atoms. The Morgan fingerprint density at radius 3 is 2.59 bits per heavy atom. The maximum absolute atomic E-state index is 9.05. The zero-order valence-electron chi connectivity index (χ0n) is 14.7. The Kier molecular flexibility index (Phi) is 4.53. The average molecular weight is 374 g/mol. The lowest BCUT2D eigenvalue weighted by Crippen LogP contribution is -2.02. The minimum Gasteiger partial charge on any atom is -0.497 e. The topological polar surface area (TPSA) is 50.8 Å². The third kappa shape index (κ3) is 3.38. The van der Waals surface area contributed by atoms with E-state index in [1.165, 1.54) is 0 Å². The molecule has 0 aliphatic carbocycles. The van der Waals surface area contributed by atoms with E-state index < -0.39 is 0 Å². The number of hydrogen-bond acceptors (Lipinski definition) is 3. The minimum atomic E-state index is 0.623. The van der Waals surface area contributed by atoms with Gasteiger partial charge in [-0.1, -0.05) is 23.7 Å². The van der Waals surface area contributed by atoms with Gasteiger partial charge in [0.05, 0.1) is 29.8 Å². The van der Waals surface area contributed by atoms with Crippen LogP contribution in [0.1, 0.15) is 11.1 Å². The molecule has 0 amide bonds. The van der Waals surface area contributed by atoms with Gasteiger partial charge in [-0.25, -0.2) is 4.98 Å². The molecule has 132 valence electrons. The van der Waals surface area contributed by atoms with Crippen LogP contribution in [0.5, 0.6) is 5.75 Å². The summed E-state index contributed by atoms with van der Waals surface area (Å²) in [6, 6.07) is 23.3. The van der Waals surface area contributed by atoms with Gasteiger partial charge in [0.2, 0.25) is 0 Å². The first kappa shape index (κ1) is 17.1. The maximum Gasteiger partial charge on any atom is 0.141 e. The zero-order valence-corrected chi connectivity index (χ0v) is 15.4. The molecule has 4 rings (SSSR count). The van der Waals surface area contributed by atoms with Crippen LogP contribution >= 0.6 is 11.6 Å². The summed E-state index contributed by atoms with van der Waals surface area (Å²) in [5, 5.41) is 9.76. The van der Waals surface area contributed by atoms with Crippen LogP contribution in [0.25, 0.3) is 22.4 Å². The molecule has 0 saturated heterocycles. The highest BCUT2D eigenvalue weighted by molar-refractivity contribution is 6.30. The van der Waals surface area contributed by atoms with E-state index >= 15 is 0 Å². The Balaban J connectivity index is 1.88. The first-order valence-corrected chi connectivity index (χ1v) is 8.85. The fourth-order valence-corrected chi connectivity index (χ4v) is 3.34. The minimum absolute atomic E-state index is 0.623. The van der Waals surface area contributed by atoms with Crippen molar-refractivity contribution >= 4 is 22.6 Å². The van der Waals surface area contributed by atoms with Crippen LogP contribution in [0.2, 0.25) is 5.02 Å². The molecule has 0 unspecified atom stereocenters. The van der Waals surface area contributed by atoms with Crippen molar-refractivity contribution in [3.63, 3.8) is 0 Å². The quantitative estimate of drug-likeness (QED) is 0.488. The van der Waals surface area contributed by atoms with Crippen LogP contribution in [0.3, 0.4) is 0 Å². The number of nitriles is 1. The van der Waals surface area contributed by atoms with Crippen LogP contribution in [-0.2, 0) is 6.54 Å². The summed E-state index contributed by atoms with van der Waals surface area (Å²) in [5.41, 5.74) is 4.53. The zero-order chi connectivity index (χ0) is 18.8. The summed E-state index contributed by atoms with van der Waals surface area (Å²) < 4.78 is 7.49. The summed E-state index contributed by atoms with van der Waals surface area (Å²) in [4.78, 5) is 4.83. The lowest BCUT2D eigenvalue weighted by molar-refractivity contribution is 0.415. The lowest BCUT2D eigenvalue weighted by Gasteiger charge is -2.10. The predicted octanol–water partition coefficient (Wildman–Crippen LogP) is 5.29. The number of imidazole rings is 1. The molecule has 3 aromatic carbocycles. The summed E-state index contributed by atoms with van der Waals surface area (Å²) in [7, 11) is 1.64. The fourth-order valence-electron chi connectivity index (χ4n) is 3.13. The molecular formula is C22H16ClN3O. The molecular weight excluding hydrogens is 358 g/mol. The molecule has 27 heavy (non-hydrogen) atoms. The third-order valence-electron chi connectivity index (χ3n) is 4.46. The molecule has 0 fully saturated rings. The van der Waals surface area contributed by atoms with Crippen molar-refractivity contribution in [1.29, 1.82) is 5.26 Å². The summed E-state index contributed by atoms with van der Waals surface area (Å²) in [6.45, 7) is 0.638. The number of rotatable bonds is 4. The molecule has 0 bridgehead atoms. The van der Waals surface area contributed by atoms with Gasteiger partial charge < -0.3 is 9.30 Å². The van der Waals surface area contributed by atoms with E-state index in [1.807, 2.05) is 54.6 Å². The molecule has 0 saturated carbocycles. The summed E-state index contributed by atoms with van der Waals surface area (Å²) in [6.07, 6.45) is 0. The normalized spacial score (nSPS) is 10.7. The van der Waals surface area contributed by atoms with Gasteiger partial charge in [-0.05, 0) is 54.1 Å². The van der Waals surface area contributed by atoms with Crippen LogP contribution in [0.4, 0.5) is 0 Å². The average Bonchev–Trinajstić information content (AvgIpc) is 3.05. The van der Waals surface area contributed by atoms with E-state index in [4.69, 9.17) is 26.6 Å². The monoisotopic (exact) mass is 373 g/mol. The fraction of sp³-hybridized carbons (Fsp3) is 0.0909. The van der Waals surface area contributed by atoms with Crippen molar-refractivity contribution in [2.75, 3.05) is 7.11 Å². The van der Waals surface area contributed by atoms with Gasteiger partial charge in [-0.15, -0.1) is 0 Å². The van der Waals surface area contributed by atoms with Crippen LogP contribution < -0.4 is 4.74 Å². The van der Waals surface area contributed by atoms with E-state index in [0.29, 0.717) is 17.1 Å². The van der Waals surface area contributed by atoms with Gasteiger partial charge in [0, 0.05) is 23.2 Å². The number of ether oxygens (including phenoxy) is 1. The van der Waals surface area contributed by atoms with Gasteiger partial charge in [0.25, 0.3) is 0 Å². The largest absolute Gasteiger partial charge is 0.497 e. The maximum atomic E-state index is 9.05. The van der Waals surface area contributed by atoms with Crippen molar-refractivity contribution in [3.05, 3.63) is 82.9 Å². The number of benzene rings is 3. The molecule has 0 N–H and O–H groups in total. The number of methoxy groups -OCH3 is 1. The first-order chi connectivity index (χ1) is 13.2.